The van der Waals surface area contributed by atoms with Crippen LogP contribution in [-0.4, -0.2) is 19.8 Å². The van der Waals surface area contributed by atoms with Crippen molar-refractivity contribution in [3.05, 3.63) is 35.6 Å². The second kappa shape index (κ2) is 6.12. The van der Waals surface area contributed by atoms with Gasteiger partial charge in [0.25, 0.3) is 0 Å². The first-order valence-corrected chi connectivity index (χ1v) is 6.38. The third-order valence-corrected chi connectivity index (χ3v) is 3.40. The fourth-order valence-electron chi connectivity index (χ4n) is 2.53. The topological polar surface area (TPSA) is 21.3 Å². The van der Waals surface area contributed by atoms with Gasteiger partial charge in [-0.2, -0.15) is 0 Å². The van der Waals surface area contributed by atoms with Crippen molar-refractivity contribution in [2.45, 2.75) is 25.8 Å². The van der Waals surface area contributed by atoms with Gasteiger partial charge in [-0.05, 0) is 31.4 Å². The van der Waals surface area contributed by atoms with Crippen molar-refractivity contribution < 1.29 is 9.13 Å². The minimum Gasteiger partial charge on any atom is -0.381 e. The summed E-state index contributed by atoms with van der Waals surface area (Å²) in [7, 11) is 0. The Morgan fingerprint density at radius 1 is 1.35 bits per heavy atom. The average Bonchev–Trinajstić information content (AvgIpc) is 2.38. The standard InChI is InChI=1S/C14H20FNO/c1-2-16-14(11-7-9-17-10-8-11)12-5-3-4-6-13(12)15/h3-6,11,14,16H,2,7-10H2,1H3. The Bertz CT molecular complexity index is 350. The zero-order chi connectivity index (χ0) is 12.1. The maximum absolute atomic E-state index is 13.8. The molecule has 1 aromatic rings. The molecular weight excluding hydrogens is 217 g/mol. The summed E-state index contributed by atoms with van der Waals surface area (Å²) in [5.41, 5.74) is 0.793. The highest BCUT2D eigenvalue weighted by molar-refractivity contribution is 5.22. The molecule has 1 aromatic carbocycles. The zero-order valence-electron chi connectivity index (χ0n) is 10.3. The molecule has 1 aliphatic heterocycles. The summed E-state index contributed by atoms with van der Waals surface area (Å²) in [5, 5.41) is 3.41. The molecule has 0 bridgehead atoms. The first kappa shape index (κ1) is 12.5. The van der Waals surface area contributed by atoms with Gasteiger partial charge in [0.1, 0.15) is 5.82 Å². The highest BCUT2D eigenvalue weighted by Gasteiger charge is 2.26. The number of halogens is 1. The second-order valence-corrected chi connectivity index (χ2v) is 4.51. The third-order valence-electron chi connectivity index (χ3n) is 3.40. The van der Waals surface area contributed by atoms with Crippen LogP contribution in [0.4, 0.5) is 4.39 Å². The molecule has 0 amide bonds. The molecule has 1 atom stereocenters. The molecule has 17 heavy (non-hydrogen) atoms. The van der Waals surface area contributed by atoms with E-state index in [2.05, 4.69) is 12.2 Å². The molecule has 0 aromatic heterocycles. The maximum Gasteiger partial charge on any atom is 0.127 e. The number of nitrogens with one attached hydrogen (secondary N) is 1. The number of benzene rings is 1. The maximum atomic E-state index is 13.8. The van der Waals surface area contributed by atoms with Gasteiger partial charge in [-0.3, -0.25) is 0 Å². The molecule has 1 fully saturated rings. The summed E-state index contributed by atoms with van der Waals surface area (Å²) in [4.78, 5) is 0. The van der Waals surface area contributed by atoms with Crippen LogP contribution in [0.5, 0.6) is 0 Å². The normalized spacial score (nSPS) is 19.2. The van der Waals surface area contributed by atoms with E-state index < -0.39 is 0 Å². The molecule has 0 saturated carbocycles. The van der Waals surface area contributed by atoms with Crippen molar-refractivity contribution >= 4 is 0 Å². The van der Waals surface area contributed by atoms with Crippen LogP contribution in [0.3, 0.4) is 0 Å². The summed E-state index contributed by atoms with van der Waals surface area (Å²) < 4.78 is 19.2. The van der Waals surface area contributed by atoms with Crippen molar-refractivity contribution in [3.8, 4) is 0 Å². The van der Waals surface area contributed by atoms with E-state index in [-0.39, 0.29) is 11.9 Å². The van der Waals surface area contributed by atoms with Crippen molar-refractivity contribution in [3.63, 3.8) is 0 Å². The van der Waals surface area contributed by atoms with Crippen LogP contribution in [0, 0.1) is 11.7 Å². The zero-order valence-corrected chi connectivity index (χ0v) is 10.3. The lowest BCUT2D eigenvalue weighted by atomic mass is 9.87. The Balaban J connectivity index is 2.18. The molecule has 1 N–H and O–H groups in total. The Morgan fingerprint density at radius 2 is 2.06 bits per heavy atom. The van der Waals surface area contributed by atoms with Gasteiger partial charge in [-0.1, -0.05) is 25.1 Å². The van der Waals surface area contributed by atoms with E-state index in [1.807, 2.05) is 12.1 Å². The molecule has 0 radical (unpaired) electrons. The molecule has 0 aliphatic carbocycles. The van der Waals surface area contributed by atoms with Crippen LogP contribution in [0.25, 0.3) is 0 Å². The van der Waals surface area contributed by atoms with Crippen molar-refractivity contribution in [1.82, 2.24) is 5.32 Å². The highest BCUT2D eigenvalue weighted by Crippen LogP contribution is 2.31. The van der Waals surface area contributed by atoms with Gasteiger partial charge in [-0.15, -0.1) is 0 Å². The fraction of sp³-hybridized carbons (Fsp3) is 0.571. The quantitative estimate of drug-likeness (QED) is 0.869. The van der Waals surface area contributed by atoms with Crippen LogP contribution in [0.2, 0.25) is 0 Å². The molecule has 0 spiro atoms. The Kier molecular flexibility index (Phi) is 4.51. The molecule has 1 aliphatic rings. The first-order chi connectivity index (χ1) is 8.33. The van der Waals surface area contributed by atoms with Gasteiger partial charge >= 0.3 is 0 Å². The Hall–Kier alpha value is -0.930. The van der Waals surface area contributed by atoms with Gasteiger partial charge in [0.15, 0.2) is 0 Å². The SMILES string of the molecule is CCNC(c1ccccc1F)C1CCOCC1. The summed E-state index contributed by atoms with van der Waals surface area (Å²) in [6.07, 6.45) is 2.01. The van der Waals surface area contributed by atoms with E-state index in [0.717, 1.165) is 38.2 Å². The Morgan fingerprint density at radius 3 is 2.71 bits per heavy atom. The van der Waals surface area contributed by atoms with Crippen molar-refractivity contribution in [2.75, 3.05) is 19.8 Å². The predicted molar refractivity (Wildman–Crippen MR) is 66.4 cm³/mol. The van der Waals surface area contributed by atoms with Crippen molar-refractivity contribution in [1.29, 1.82) is 0 Å². The van der Waals surface area contributed by atoms with Crippen LogP contribution in [-0.2, 0) is 4.74 Å². The molecule has 2 nitrogen and oxygen atoms in total. The molecule has 2 rings (SSSR count). The van der Waals surface area contributed by atoms with E-state index in [9.17, 15) is 4.39 Å². The van der Waals surface area contributed by atoms with E-state index in [0.29, 0.717) is 5.92 Å². The van der Waals surface area contributed by atoms with E-state index >= 15 is 0 Å². The smallest absolute Gasteiger partial charge is 0.127 e. The molecule has 1 saturated heterocycles. The summed E-state index contributed by atoms with van der Waals surface area (Å²) in [5.74, 6) is 0.366. The first-order valence-electron chi connectivity index (χ1n) is 6.38. The van der Waals surface area contributed by atoms with Crippen LogP contribution < -0.4 is 5.32 Å². The van der Waals surface area contributed by atoms with Gasteiger partial charge in [-0.25, -0.2) is 4.39 Å². The molecule has 3 heteroatoms. The van der Waals surface area contributed by atoms with Crippen LogP contribution in [0.15, 0.2) is 24.3 Å². The Labute approximate surface area is 102 Å². The second-order valence-electron chi connectivity index (χ2n) is 4.51. The monoisotopic (exact) mass is 237 g/mol. The number of ether oxygens (including phenoxy) is 1. The van der Waals surface area contributed by atoms with Crippen LogP contribution >= 0.6 is 0 Å². The van der Waals surface area contributed by atoms with E-state index in [1.54, 1.807) is 12.1 Å². The van der Waals surface area contributed by atoms with Crippen LogP contribution in [0.1, 0.15) is 31.4 Å². The van der Waals surface area contributed by atoms with Gasteiger partial charge in [0.05, 0.1) is 0 Å². The molecule has 1 unspecified atom stereocenters. The lowest BCUT2D eigenvalue weighted by molar-refractivity contribution is 0.0533. The summed E-state index contributed by atoms with van der Waals surface area (Å²) in [6.45, 7) is 4.51. The van der Waals surface area contributed by atoms with Crippen molar-refractivity contribution in [2.24, 2.45) is 5.92 Å². The average molecular weight is 237 g/mol. The fourth-order valence-corrected chi connectivity index (χ4v) is 2.53. The number of rotatable bonds is 4. The lowest BCUT2D eigenvalue weighted by Gasteiger charge is -2.31. The van der Waals surface area contributed by atoms with Gasteiger partial charge < -0.3 is 10.1 Å². The summed E-state index contributed by atoms with van der Waals surface area (Å²) >= 11 is 0. The van der Waals surface area contributed by atoms with Gasteiger partial charge in [0, 0.05) is 24.8 Å². The highest BCUT2D eigenvalue weighted by atomic mass is 19.1. The number of hydrogen-bond donors (Lipinski definition) is 1. The largest absolute Gasteiger partial charge is 0.381 e. The molecule has 1 heterocycles. The molecular formula is C14H20FNO. The van der Waals surface area contributed by atoms with E-state index in [1.165, 1.54) is 0 Å². The van der Waals surface area contributed by atoms with Gasteiger partial charge in [0.2, 0.25) is 0 Å². The number of hydrogen-bond acceptors (Lipinski definition) is 2. The summed E-state index contributed by atoms with van der Waals surface area (Å²) in [6, 6.07) is 7.19. The minimum absolute atomic E-state index is 0.107. The lowest BCUT2D eigenvalue weighted by Crippen LogP contribution is -2.32. The third kappa shape index (κ3) is 3.05. The minimum atomic E-state index is -0.107. The van der Waals surface area contributed by atoms with E-state index in [4.69, 9.17) is 4.74 Å². The molecule has 94 valence electrons. The predicted octanol–water partition coefficient (Wildman–Crippen LogP) is 2.90.